The van der Waals surface area contributed by atoms with Gasteiger partial charge in [0.05, 0.1) is 12.7 Å². The predicted octanol–water partition coefficient (Wildman–Crippen LogP) is 3.07. The lowest BCUT2D eigenvalue weighted by Crippen LogP contribution is -2.49. The average Bonchev–Trinajstić information content (AvgIpc) is 2.90. The summed E-state index contributed by atoms with van der Waals surface area (Å²) in [5.74, 6) is -0.908. The maximum atomic E-state index is 13.2. The van der Waals surface area contributed by atoms with Crippen molar-refractivity contribution < 1.29 is 24.2 Å². The van der Waals surface area contributed by atoms with Gasteiger partial charge in [-0.2, -0.15) is 0 Å². The molecule has 2 aromatic carbocycles. The maximum absolute atomic E-state index is 13.2. The fraction of sp³-hybridized carbons (Fsp3) is 0.259. The minimum absolute atomic E-state index is 0.00798. The van der Waals surface area contributed by atoms with E-state index < -0.39 is 11.9 Å². The number of nitrogens with zero attached hydrogens (tertiary/aromatic N) is 2. The van der Waals surface area contributed by atoms with Gasteiger partial charge in [-0.15, -0.1) is 0 Å². The zero-order valence-electron chi connectivity index (χ0n) is 19.6. The van der Waals surface area contributed by atoms with Crippen LogP contribution in [0.25, 0.3) is 0 Å². The summed E-state index contributed by atoms with van der Waals surface area (Å²) < 4.78 is 6.86. The number of pyridine rings is 1. The summed E-state index contributed by atoms with van der Waals surface area (Å²) in [5.41, 5.74) is 1.41. The van der Waals surface area contributed by atoms with Crippen LogP contribution in [0.2, 0.25) is 0 Å². The van der Waals surface area contributed by atoms with Crippen LogP contribution < -0.4 is 15.6 Å². The number of anilines is 1. The lowest BCUT2D eigenvalue weighted by molar-refractivity contribution is 0.0594. The molecule has 1 fully saturated rings. The van der Waals surface area contributed by atoms with Crippen molar-refractivity contribution in [3.05, 3.63) is 93.4 Å². The monoisotopic (exact) mass is 487 g/mol. The lowest BCUT2D eigenvalue weighted by atomic mass is 9.83. The van der Waals surface area contributed by atoms with Crippen LogP contribution in [0, 0.1) is 5.92 Å². The van der Waals surface area contributed by atoms with Crippen molar-refractivity contribution in [3.63, 3.8) is 0 Å². The highest BCUT2D eigenvalue weighted by atomic mass is 16.5. The van der Waals surface area contributed by atoms with E-state index in [4.69, 9.17) is 9.84 Å². The van der Waals surface area contributed by atoms with Gasteiger partial charge in [0.25, 0.3) is 17.4 Å². The van der Waals surface area contributed by atoms with E-state index in [1.54, 1.807) is 42.0 Å². The Hall–Kier alpha value is -4.40. The van der Waals surface area contributed by atoms with Gasteiger partial charge in [0.2, 0.25) is 0 Å². The molecule has 2 aliphatic rings. The zero-order chi connectivity index (χ0) is 25.4. The molecule has 0 spiro atoms. The highest BCUT2D eigenvalue weighted by Crippen LogP contribution is 2.36. The number of ether oxygens (including phenoxy) is 1. The third kappa shape index (κ3) is 4.35. The zero-order valence-corrected chi connectivity index (χ0v) is 19.6. The topological polar surface area (TPSA) is 118 Å². The molecule has 1 aromatic heterocycles. The second-order valence-corrected chi connectivity index (χ2v) is 9.17. The molecule has 5 rings (SSSR count). The van der Waals surface area contributed by atoms with Gasteiger partial charge in [0, 0.05) is 42.4 Å². The molecular formula is C27H25N3O6. The molecular weight excluding hydrogens is 462 g/mol. The van der Waals surface area contributed by atoms with Gasteiger partial charge in [0.1, 0.15) is 11.4 Å². The van der Waals surface area contributed by atoms with Crippen molar-refractivity contribution >= 4 is 23.5 Å². The molecule has 0 saturated carbocycles. The number of nitrogens with one attached hydrogen (secondary N) is 1. The number of hydrogen-bond donors (Lipinski definition) is 2. The minimum atomic E-state index is -1.13. The summed E-state index contributed by atoms with van der Waals surface area (Å²) in [5, 5.41) is 11.8. The number of piperidine rings is 1. The molecule has 9 nitrogen and oxygen atoms in total. The van der Waals surface area contributed by atoms with E-state index in [1.807, 2.05) is 11.0 Å². The van der Waals surface area contributed by atoms with Gasteiger partial charge >= 0.3 is 5.97 Å². The van der Waals surface area contributed by atoms with Crippen LogP contribution in [0.5, 0.6) is 5.75 Å². The smallest absolute Gasteiger partial charge is 0.335 e. The summed E-state index contributed by atoms with van der Waals surface area (Å²) >= 11 is 0. The first-order chi connectivity index (χ1) is 17.3. The number of rotatable bonds is 5. The SMILES string of the molecule is COc1ccc(C(=O)N2C[C@@H]3C[C@H](C2)c2ccc(NC(=O)c4cccc(C(=O)O)c4)c(=O)n2C3)cc1. The van der Waals surface area contributed by atoms with E-state index in [0.717, 1.165) is 12.1 Å². The normalized spacial score (nSPS) is 18.2. The molecule has 0 unspecified atom stereocenters. The highest BCUT2D eigenvalue weighted by molar-refractivity contribution is 6.05. The number of aromatic carboxylic acids is 1. The van der Waals surface area contributed by atoms with Crippen LogP contribution in [-0.4, -0.2) is 52.6 Å². The van der Waals surface area contributed by atoms with Crippen LogP contribution in [0.15, 0.2) is 65.5 Å². The number of carbonyl (C=O) groups is 3. The summed E-state index contributed by atoms with van der Waals surface area (Å²) in [6.07, 6.45) is 0.888. The van der Waals surface area contributed by atoms with Gasteiger partial charge in [-0.1, -0.05) is 6.07 Å². The number of fused-ring (bicyclic) bond motifs is 4. The van der Waals surface area contributed by atoms with Crippen molar-refractivity contribution in [3.8, 4) is 5.75 Å². The molecule has 36 heavy (non-hydrogen) atoms. The second-order valence-electron chi connectivity index (χ2n) is 9.17. The number of carboxylic acids is 1. The quantitative estimate of drug-likeness (QED) is 0.571. The van der Waals surface area contributed by atoms with E-state index in [-0.39, 0.29) is 40.1 Å². The molecule has 2 bridgehead atoms. The Morgan fingerprint density at radius 3 is 2.42 bits per heavy atom. The molecule has 2 N–H and O–H groups in total. The summed E-state index contributed by atoms with van der Waals surface area (Å²) in [6.45, 7) is 1.51. The Balaban J connectivity index is 1.35. The van der Waals surface area contributed by atoms with Crippen LogP contribution >= 0.6 is 0 Å². The predicted molar refractivity (Wildman–Crippen MR) is 132 cm³/mol. The van der Waals surface area contributed by atoms with Crippen molar-refractivity contribution in [2.45, 2.75) is 18.9 Å². The fourth-order valence-corrected chi connectivity index (χ4v) is 5.11. The minimum Gasteiger partial charge on any atom is -0.497 e. The first kappa shape index (κ1) is 23.3. The van der Waals surface area contributed by atoms with Crippen molar-refractivity contribution in [2.24, 2.45) is 5.92 Å². The fourth-order valence-electron chi connectivity index (χ4n) is 5.11. The van der Waals surface area contributed by atoms with Crippen LogP contribution in [0.1, 0.15) is 49.1 Å². The molecule has 3 aromatic rings. The number of amides is 2. The number of carbonyl (C=O) groups excluding carboxylic acids is 2. The van der Waals surface area contributed by atoms with Crippen molar-refractivity contribution in [1.29, 1.82) is 0 Å². The van der Waals surface area contributed by atoms with Crippen LogP contribution in [0.4, 0.5) is 5.69 Å². The van der Waals surface area contributed by atoms with Gasteiger partial charge in [-0.05, 0) is 66.9 Å². The van der Waals surface area contributed by atoms with E-state index >= 15 is 0 Å². The third-order valence-electron chi connectivity index (χ3n) is 6.85. The molecule has 2 aliphatic heterocycles. The summed E-state index contributed by atoms with van der Waals surface area (Å²) in [7, 11) is 1.58. The maximum Gasteiger partial charge on any atom is 0.335 e. The molecule has 0 aliphatic carbocycles. The summed E-state index contributed by atoms with van der Waals surface area (Å²) in [4.78, 5) is 52.1. The van der Waals surface area contributed by atoms with Gasteiger partial charge < -0.3 is 24.6 Å². The molecule has 184 valence electrons. The lowest BCUT2D eigenvalue weighted by Gasteiger charge is -2.43. The Kier molecular flexibility index (Phi) is 6.05. The Bertz CT molecular complexity index is 1410. The number of hydrogen-bond acceptors (Lipinski definition) is 5. The third-order valence-corrected chi connectivity index (χ3v) is 6.85. The van der Waals surface area contributed by atoms with Gasteiger partial charge in [-0.3, -0.25) is 14.4 Å². The van der Waals surface area contributed by atoms with E-state index in [9.17, 15) is 19.2 Å². The van der Waals surface area contributed by atoms with Crippen molar-refractivity contribution in [1.82, 2.24) is 9.47 Å². The Labute approximate surface area is 206 Å². The van der Waals surface area contributed by atoms with Gasteiger partial charge in [-0.25, -0.2) is 4.79 Å². The Morgan fingerprint density at radius 1 is 0.944 bits per heavy atom. The first-order valence-electron chi connectivity index (χ1n) is 11.7. The molecule has 9 heteroatoms. The number of likely N-dealkylation sites (tertiary alicyclic amines) is 1. The highest BCUT2D eigenvalue weighted by Gasteiger charge is 2.37. The van der Waals surface area contributed by atoms with Crippen molar-refractivity contribution in [2.75, 3.05) is 25.5 Å². The molecule has 0 radical (unpaired) electrons. The number of benzene rings is 2. The summed E-state index contributed by atoms with van der Waals surface area (Å²) in [6, 6.07) is 16.1. The first-order valence-corrected chi connectivity index (χ1v) is 11.7. The molecule has 3 heterocycles. The number of aromatic nitrogens is 1. The van der Waals surface area contributed by atoms with Crippen LogP contribution in [-0.2, 0) is 6.54 Å². The number of carboxylic acid groups (broad SMARTS) is 1. The molecule has 1 saturated heterocycles. The Morgan fingerprint density at radius 2 is 1.69 bits per heavy atom. The van der Waals surface area contributed by atoms with E-state index in [0.29, 0.717) is 30.9 Å². The molecule has 2 atom stereocenters. The standard InChI is InChI=1S/C27H25N3O6/c1-36-21-7-5-17(6-8-21)25(32)29-13-16-11-20(15-29)23-10-9-22(26(33)30(23)14-16)28-24(31)18-3-2-4-19(12-18)27(34)35/h2-10,12,16,20H,11,13-15H2,1H3,(H,28,31)(H,34,35)/t16-,20+/m0/s1. The second kappa shape index (κ2) is 9.33. The van der Waals surface area contributed by atoms with E-state index in [1.165, 1.54) is 24.3 Å². The van der Waals surface area contributed by atoms with Crippen LogP contribution in [0.3, 0.4) is 0 Å². The van der Waals surface area contributed by atoms with E-state index in [2.05, 4.69) is 5.32 Å². The number of methoxy groups -OCH3 is 1. The average molecular weight is 488 g/mol. The largest absolute Gasteiger partial charge is 0.497 e. The molecule has 2 amide bonds. The van der Waals surface area contributed by atoms with Gasteiger partial charge in [0.15, 0.2) is 0 Å².